The number of rotatable bonds is 4. The first-order valence-electron chi connectivity index (χ1n) is 9.70. The summed E-state index contributed by atoms with van der Waals surface area (Å²) in [4.78, 5) is 26.8. The Kier molecular flexibility index (Phi) is 5.42. The summed E-state index contributed by atoms with van der Waals surface area (Å²) in [5.41, 5.74) is 1.70. The van der Waals surface area contributed by atoms with E-state index in [1.807, 2.05) is 53.4 Å². The molecule has 1 aromatic heterocycles. The van der Waals surface area contributed by atoms with Gasteiger partial charge in [0.15, 0.2) is 0 Å². The lowest BCUT2D eigenvalue weighted by molar-refractivity contribution is 0.0698. The fraction of sp³-hybridized carbons (Fsp3) is 0.217. The van der Waals surface area contributed by atoms with Crippen molar-refractivity contribution in [2.45, 2.75) is 18.9 Å². The predicted molar refractivity (Wildman–Crippen MR) is 109 cm³/mol. The Morgan fingerprint density at radius 1 is 0.897 bits per heavy atom. The minimum atomic E-state index is -0.527. The van der Waals surface area contributed by atoms with Gasteiger partial charge in [-0.05, 0) is 61.4 Å². The standard InChI is InChI=1S/C23H22FN3O2/c24-21-6-2-1-5-20(21)22(28)25-18-11-15-27(16-12-18)23(29)17-7-9-19(10-8-17)26-13-3-4-14-26/h1-10,13-14,18H,11-12,15-16H2,(H,25,28). The number of aromatic nitrogens is 1. The molecule has 29 heavy (non-hydrogen) atoms. The quantitative estimate of drug-likeness (QED) is 0.738. The first-order valence-corrected chi connectivity index (χ1v) is 9.70. The van der Waals surface area contributed by atoms with E-state index in [1.54, 1.807) is 17.0 Å². The van der Waals surface area contributed by atoms with E-state index in [0.717, 1.165) is 5.69 Å². The minimum absolute atomic E-state index is 0.0112. The Bertz CT molecular complexity index is 991. The number of piperidine rings is 1. The molecule has 0 saturated carbocycles. The van der Waals surface area contributed by atoms with Crippen LogP contribution in [-0.4, -0.2) is 40.4 Å². The predicted octanol–water partition coefficient (Wildman–Crippen LogP) is 3.65. The van der Waals surface area contributed by atoms with E-state index in [9.17, 15) is 14.0 Å². The Labute approximate surface area is 168 Å². The van der Waals surface area contributed by atoms with Gasteiger partial charge in [0.1, 0.15) is 5.82 Å². The molecule has 0 spiro atoms. The third-order valence-corrected chi connectivity index (χ3v) is 5.25. The van der Waals surface area contributed by atoms with Crippen molar-refractivity contribution in [3.63, 3.8) is 0 Å². The fourth-order valence-electron chi connectivity index (χ4n) is 3.60. The maximum absolute atomic E-state index is 13.8. The highest BCUT2D eigenvalue weighted by atomic mass is 19.1. The average Bonchev–Trinajstić information content (AvgIpc) is 3.29. The number of hydrogen-bond donors (Lipinski definition) is 1. The second kappa shape index (κ2) is 8.31. The third kappa shape index (κ3) is 4.21. The number of carbonyl (C=O) groups is 2. The van der Waals surface area contributed by atoms with Gasteiger partial charge in [0.05, 0.1) is 5.56 Å². The number of nitrogens with one attached hydrogen (secondary N) is 1. The van der Waals surface area contributed by atoms with E-state index < -0.39 is 11.7 Å². The van der Waals surface area contributed by atoms with E-state index in [-0.39, 0.29) is 17.5 Å². The van der Waals surface area contributed by atoms with Gasteiger partial charge in [-0.15, -0.1) is 0 Å². The number of carbonyl (C=O) groups excluding carboxylic acids is 2. The largest absolute Gasteiger partial charge is 0.349 e. The molecular weight excluding hydrogens is 369 g/mol. The summed E-state index contributed by atoms with van der Waals surface area (Å²) in [5.74, 6) is -0.947. The van der Waals surface area contributed by atoms with Crippen molar-refractivity contribution < 1.29 is 14.0 Å². The molecule has 1 aliphatic rings. The Hall–Kier alpha value is -3.41. The van der Waals surface area contributed by atoms with Crippen LogP contribution in [0.1, 0.15) is 33.6 Å². The SMILES string of the molecule is O=C(NC1CCN(C(=O)c2ccc(-n3cccc3)cc2)CC1)c1ccccc1F. The summed E-state index contributed by atoms with van der Waals surface area (Å²) in [6.07, 6.45) is 5.20. The smallest absolute Gasteiger partial charge is 0.254 e. The lowest BCUT2D eigenvalue weighted by atomic mass is 10.0. The first-order chi connectivity index (χ1) is 14.1. The molecule has 6 heteroatoms. The molecule has 1 saturated heterocycles. The van der Waals surface area contributed by atoms with Crippen LogP contribution in [0.25, 0.3) is 5.69 Å². The maximum atomic E-state index is 13.8. The van der Waals surface area contributed by atoms with Gasteiger partial charge < -0.3 is 14.8 Å². The fourth-order valence-corrected chi connectivity index (χ4v) is 3.60. The van der Waals surface area contributed by atoms with Gasteiger partial charge in [0.2, 0.25) is 0 Å². The van der Waals surface area contributed by atoms with E-state index in [1.165, 1.54) is 12.1 Å². The van der Waals surface area contributed by atoms with Gasteiger partial charge in [-0.3, -0.25) is 9.59 Å². The molecule has 4 rings (SSSR count). The lowest BCUT2D eigenvalue weighted by Gasteiger charge is -2.32. The molecule has 0 unspecified atom stereocenters. The zero-order valence-corrected chi connectivity index (χ0v) is 15.9. The average molecular weight is 391 g/mol. The summed E-state index contributed by atoms with van der Waals surface area (Å²) in [6, 6.07) is 17.3. The maximum Gasteiger partial charge on any atom is 0.254 e. The number of amides is 2. The van der Waals surface area contributed by atoms with E-state index in [4.69, 9.17) is 0 Å². The van der Waals surface area contributed by atoms with Crippen LogP contribution in [0, 0.1) is 5.82 Å². The second-order valence-corrected chi connectivity index (χ2v) is 7.16. The van der Waals surface area contributed by atoms with Crippen molar-refractivity contribution in [1.82, 2.24) is 14.8 Å². The van der Waals surface area contributed by atoms with Crippen LogP contribution in [0.3, 0.4) is 0 Å². The zero-order valence-electron chi connectivity index (χ0n) is 15.9. The molecule has 0 bridgehead atoms. The first kappa shape index (κ1) is 18.9. The van der Waals surface area contributed by atoms with E-state index >= 15 is 0 Å². The van der Waals surface area contributed by atoms with Gasteiger partial charge in [-0.1, -0.05) is 12.1 Å². The molecular formula is C23H22FN3O2. The molecule has 0 atom stereocenters. The Morgan fingerprint density at radius 3 is 2.21 bits per heavy atom. The van der Waals surface area contributed by atoms with Crippen LogP contribution < -0.4 is 5.32 Å². The molecule has 3 aromatic rings. The van der Waals surface area contributed by atoms with Crippen LogP contribution in [0.5, 0.6) is 0 Å². The highest BCUT2D eigenvalue weighted by Crippen LogP contribution is 2.17. The van der Waals surface area contributed by atoms with Crippen molar-refractivity contribution in [1.29, 1.82) is 0 Å². The van der Waals surface area contributed by atoms with Gasteiger partial charge in [-0.25, -0.2) is 4.39 Å². The van der Waals surface area contributed by atoms with Crippen LogP contribution >= 0.6 is 0 Å². The van der Waals surface area contributed by atoms with Crippen molar-refractivity contribution in [2.24, 2.45) is 0 Å². The van der Waals surface area contributed by atoms with Crippen LogP contribution in [0.4, 0.5) is 4.39 Å². The molecule has 0 aliphatic carbocycles. The molecule has 0 radical (unpaired) electrons. The molecule has 1 aliphatic heterocycles. The summed E-state index contributed by atoms with van der Waals surface area (Å²) in [5, 5.41) is 2.88. The van der Waals surface area contributed by atoms with Crippen LogP contribution in [0.2, 0.25) is 0 Å². The van der Waals surface area contributed by atoms with Gasteiger partial charge in [0, 0.05) is 42.8 Å². The number of halogens is 1. The number of benzene rings is 2. The molecule has 2 heterocycles. The molecule has 2 aromatic carbocycles. The van der Waals surface area contributed by atoms with Gasteiger partial charge >= 0.3 is 0 Å². The molecule has 2 amide bonds. The topological polar surface area (TPSA) is 54.3 Å². The number of hydrogen-bond acceptors (Lipinski definition) is 2. The highest BCUT2D eigenvalue weighted by Gasteiger charge is 2.25. The molecule has 148 valence electrons. The van der Waals surface area contributed by atoms with Crippen molar-refractivity contribution in [3.05, 3.63) is 90.0 Å². The van der Waals surface area contributed by atoms with Crippen molar-refractivity contribution in [2.75, 3.05) is 13.1 Å². The third-order valence-electron chi connectivity index (χ3n) is 5.25. The van der Waals surface area contributed by atoms with Crippen LogP contribution in [0.15, 0.2) is 73.1 Å². The molecule has 5 nitrogen and oxygen atoms in total. The summed E-state index contributed by atoms with van der Waals surface area (Å²) in [7, 11) is 0. The van der Waals surface area contributed by atoms with E-state index in [0.29, 0.717) is 31.5 Å². The van der Waals surface area contributed by atoms with Crippen molar-refractivity contribution >= 4 is 11.8 Å². The monoisotopic (exact) mass is 391 g/mol. The molecule has 1 fully saturated rings. The minimum Gasteiger partial charge on any atom is -0.349 e. The summed E-state index contributed by atoms with van der Waals surface area (Å²) in [6.45, 7) is 1.11. The second-order valence-electron chi connectivity index (χ2n) is 7.16. The highest BCUT2D eigenvalue weighted by molar-refractivity contribution is 5.95. The van der Waals surface area contributed by atoms with Crippen molar-refractivity contribution in [3.8, 4) is 5.69 Å². The number of nitrogens with zero attached hydrogens (tertiary/aromatic N) is 2. The Balaban J connectivity index is 1.33. The summed E-state index contributed by atoms with van der Waals surface area (Å²) < 4.78 is 15.7. The lowest BCUT2D eigenvalue weighted by Crippen LogP contribution is -2.46. The van der Waals surface area contributed by atoms with E-state index in [2.05, 4.69) is 5.32 Å². The van der Waals surface area contributed by atoms with Gasteiger partial charge in [0.25, 0.3) is 11.8 Å². The van der Waals surface area contributed by atoms with Crippen LogP contribution in [-0.2, 0) is 0 Å². The summed E-state index contributed by atoms with van der Waals surface area (Å²) >= 11 is 0. The normalized spacial score (nSPS) is 14.6. The van der Waals surface area contributed by atoms with Gasteiger partial charge in [-0.2, -0.15) is 0 Å². The molecule has 1 N–H and O–H groups in total. The zero-order chi connectivity index (χ0) is 20.2. The Morgan fingerprint density at radius 2 is 1.55 bits per heavy atom. The number of likely N-dealkylation sites (tertiary alicyclic amines) is 1.